The minimum absolute atomic E-state index is 0.0361. The molecule has 15 heavy (non-hydrogen) atoms. The van der Waals surface area contributed by atoms with Gasteiger partial charge in [0.25, 0.3) is 0 Å². The molecule has 0 spiro atoms. The normalized spacial score (nSPS) is 13.9. The molecule has 1 aliphatic rings. The number of halogens is 1. The van der Waals surface area contributed by atoms with E-state index < -0.39 is 0 Å². The number of cyclic esters (lactones) is 1. The van der Waals surface area contributed by atoms with E-state index in [0.717, 1.165) is 16.7 Å². The van der Waals surface area contributed by atoms with E-state index in [2.05, 4.69) is 4.94 Å². The molecule has 80 valence electrons. The van der Waals surface area contributed by atoms with Crippen molar-refractivity contribution >= 4 is 5.97 Å². The summed E-state index contributed by atoms with van der Waals surface area (Å²) in [4.78, 5) is 14.8. The van der Waals surface area contributed by atoms with Gasteiger partial charge in [-0.1, -0.05) is 6.07 Å². The van der Waals surface area contributed by atoms with Crippen molar-refractivity contribution in [3.05, 3.63) is 34.4 Å². The Bertz CT molecular complexity index is 401. The van der Waals surface area contributed by atoms with E-state index in [-0.39, 0.29) is 12.6 Å². The number of ether oxygens (including phenoxy) is 1. The second-order valence-electron chi connectivity index (χ2n) is 3.52. The molecule has 3 nitrogen and oxygen atoms in total. The first kappa shape index (κ1) is 10.1. The monoisotopic (exact) mass is 210 g/mol. The molecule has 2 rings (SSSR count). The Morgan fingerprint density at radius 1 is 1.53 bits per heavy atom. The van der Waals surface area contributed by atoms with E-state index >= 15 is 0 Å². The van der Waals surface area contributed by atoms with Crippen LogP contribution in [0.5, 0.6) is 0 Å². The number of benzene rings is 1. The van der Waals surface area contributed by atoms with Gasteiger partial charge >= 0.3 is 5.97 Å². The molecule has 0 bridgehead atoms. The third-order valence-electron chi connectivity index (χ3n) is 2.73. The van der Waals surface area contributed by atoms with Gasteiger partial charge in [0, 0.05) is 5.56 Å². The number of fused-ring (bicyclic) bond motifs is 1. The van der Waals surface area contributed by atoms with Crippen LogP contribution in [0.2, 0.25) is 0 Å². The molecular weight excluding hydrogens is 199 g/mol. The average molecular weight is 210 g/mol. The summed E-state index contributed by atoms with van der Waals surface area (Å²) in [6.07, 6.45) is 0.504. The van der Waals surface area contributed by atoms with Gasteiger partial charge in [0.05, 0.1) is 12.2 Å². The van der Waals surface area contributed by atoms with E-state index in [1.54, 1.807) is 6.07 Å². The predicted octanol–water partition coefficient (Wildman–Crippen LogP) is 2.11. The van der Waals surface area contributed by atoms with Gasteiger partial charge in [0.2, 0.25) is 0 Å². The number of hydrogen-bond acceptors (Lipinski definition) is 3. The highest BCUT2D eigenvalue weighted by atomic mass is 19.3. The summed E-state index contributed by atoms with van der Waals surface area (Å²) in [5.74, 6) is -0.276. The Morgan fingerprint density at radius 3 is 3.07 bits per heavy atom. The first-order valence-corrected chi connectivity index (χ1v) is 4.76. The molecule has 1 aromatic rings. The lowest BCUT2D eigenvalue weighted by Gasteiger charge is -2.07. The molecular formula is C11H11FO3. The Kier molecular flexibility index (Phi) is 2.68. The highest BCUT2D eigenvalue weighted by Gasteiger charge is 2.23. The number of carbonyl (C=O) groups excluding carboxylic acids is 1. The van der Waals surface area contributed by atoms with E-state index in [9.17, 15) is 9.32 Å². The van der Waals surface area contributed by atoms with Gasteiger partial charge in [-0.2, -0.15) is 4.94 Å². The molecule has 4 heteroatoms. The summed E-state index contributed by atoms with van der Waals surface area (Å²) in [7, 11) is 0. The lowest BCUT2D eigenvalue weighted by Crippen LogP contribution is -2.00. The largest absolute Gasteiger partial charge is 0.457 e. The molecule has 1 aromatic carbocycles. The fourth-order valence-corrected chi connectivity index (χ4v) is 1.82. The van der Waals surface area contributed by atoms with E-state index in [1.165, 1.54) is 0 Å². The summed E-state index contributed by atoms with van der Waals surface area (Å²) >= 11 is 0. The molecule has 0 radical (unpaired) electrons. The minimum Gasteiger partial charge on any atom is -0.457 e. The maximum atomic E-state index is 11.6. The van der Waals surface area contributed by atoms with Gasteiger partial charge in [0.1, 0.15) is 6.61 Å². The van der Waals surface area contributed by atoms with Crippen LogP contribution in [0.3, 0.4) is 0 Å². The fraction of sp³-hybridized carbons (Fsp3) is 0.364. The summed E-state index contributed by atoms with van der Waals surface area (Å²) in [5, 5.41) is 0. The molecule has 0 amide bonds. The Balaban J connectivity index is 2.33. The van der Waals surface area contributed by atoms with Crippen molar-refractivity contribution in [1.29, 1.82) is 0 Å². The van der Waals surface area contributed by atoms with Crippen molar-refractivity contribution in [2.45, 2.75) is 20.0 Å². The van der Waals surface area contributed by atoms with Gasteiger partial charge in [0.15, 0.2) is 0 Å². The van der Waals surface area contributed by atoms with Gasteiger partial charge in [-0.15, -0.1) is 0 Å². The van der Waals surface area contributed by atoms with Crippen molar-refractivity contribution in [3.8, 4) is 0 Å². The highest BCUT2D eigenvalue weighted by molar-refractivity contribution is 5.93. The van der Waals surface area contributed by atoms with Crippen molar-refractivity contribution in [2.75, 3.05) is 6.61 Å². The molecule has 0 fully saturated rings. The van der Waals surface area contributed by atoms with Crippen molar-refractivity contribution in [2.24, 2.45) is 0 Å². The van der Waals surface area contributed by atoms with Crippen LogP contribution in [0.1, 0.15) is 27.0 Å². The third-order valence-corrected chi connectivity index (χ3v) is 2.73. The smallest absolute Gasteiger partial charge is 0.338 e. The standard InChI is InChI=1S/C11H11FO3/c1-7-8(4-5-15-12)2-3-9-10(7)6-14-11(9)13/h2-3H,4-6H2,1H3. The number of esters is 1. The quantitative estimate of drug-likeness (QED) is 0.717. The fourth-order valence-electron chi connectivity index (χ4n) is 1.82. The Morgan fingerprint density at radius 2 is 2.33 bits per heavy atom. The summed E-state index contributed by atoms with van der Waals surface area (Å²) < 4.78 is 16.5. The molecule has 0 saturated carbocycles. The van der Waals surface area contributed by atoms with Crippen molar-refractivity contribution in [1.82, 2.24) is 0 Å². The van der Waals surface area contributed by atoms with E-state index in [1.807, 2.05) is 13.0 Å². The van der Waals surface area contributed by atoms with Crippen LogP contribution in [-0.4, -0.2) is 12.6 Å². The lowest BCUT2D eigenvalue weighted by atomic mass is 9.97. The summed E-state index contributed by atoms with van der Waals surface area (Å²) in [6.45, 7) is 2.27. The molecule has 0 saturated heterocycles. The molecule has 0 N–H and O–H groups in total. The number of carbonyl (C=O) groups is 1. The molecule has 0 unspecified atom stereocenters. The number of rotatable bonds is 3. The van der Waals surface area contributed by atoms with Gasteiger partial charge in [-0.3, -0.25) is 0 Å². The molecule has 0 aromatic heterocycles. The van der Waals surface area contributed by atoms with Crippen LogP contribution in [0.25, 0.3) is 0 Å². The molecule has 0 aliphatic carbocycles. The highest BCUT2D eigenvalue weighted by Crippen LogP contribution is 2.26. The number of hydrogen-bond donors (Lipinski definition) is 0. The van der Waals surface area contributed by atoms with Crippen LogP contribution in [-0.2, 0) is 22.7 Å². The zero-order valence-corrected chi connectivity index (χ0v) is 8.38. The summed E-state index contributed by atoms with van der Waals surface area (Å²) in [6, 6.07) is 3.55. The molecule has 1 aliphatic heterocycles. The zero-order valence-electron chi connectivity index (χ0n) is 8.38. The second-order valence-corrected chi connectivity index (χ2v) is 3.52. The van der Waals surface area contributed by atoms with Crippen LogP contribution in [0.4, 0.5) is 4.53 Å². The maximum absolute atomic E-state index is 11.6. The predicted molar refractivity (Wildman–Crippen MR) is 51.1 cm³/mol. The van der Waals surface area contributed by atoms with Gasteiger partial charge < -0.3 is 4.74 Å². The first-order valence-electron chi connectivity index (χ1n) is 4.76. The van der Waals surface area contributed by atoms with Crippen molar-refractivity contribution in [3.63, 3.8) is 0 Å². The lowest BCUT2D eigenvalue weighted by molar-refractivity contribution is -0.130. The van der Waals surface area contributed by atoms with Crippen LogP contribution in [0.15, 0.2) is 12.1 Å². The van der Waals surface area contributed by atoms with Crippen LogP contribution < -0.4 is 0 Å². The zero-order chi connectivity index (χ0) is 10.8. The van der Waals surface area contributed by atoms with Crippen LogP contribution in [0, 0.1) is 6.92 Å². The Labute approximate surface area is 86.7 Å². The summed E-state index contributed by atoms with van der Waals surface area (Å²) in [5.41, 5.74) is 3.52. The molecule has 1 heterocycles. The van der Waals surface area contributed by atoms with E-state index in [0.29, 0.717) is 18.6 Å². The van der Waals surface area contributed by atoms with Crippen LogP contribution >= 0.6 is 0 Å². The van der Waals surface area contributed by atoms with Crippen molar-refractivity contribution < 1.29 is 19.0 Å². The van der Waals surface area contributed by atoms with Gasteiger partial charge in [-0.05, 0) is 35.1 Å². The third kappa shape index (κ3) is 1.72. The minimum atomic E-state index is -0.276. The topological polar surface area (TPSA) is 35.5 Å². The SMILES string of the molecule is Cc1c(CCOF)ccc2c1COC2=O. The molecule has 0 atom stereocenters. The average Bonchev–Trinajstić information content (AvgIpc) is 2.61. The second kappa shape index (κ2) is 3.98. The first-order chi connectivity index (χ1) is 7.24. The van der Waals surface area contributed by atoms with Gasteiger partial charge in [-0.25, -0.2) is 4.79 Å². The Hall–Kier alpha value is -1.42. The maximum Gasteiger partial charge on any atom is 0.338 e. The van der Waals surface area contributed by atoms with E-state index in [4.69, 9.17) is 4.74 Å².